The molecule has 1 atom stereocenters. The first kappa shape index (κ1) is 16.7. The number of carbonyl (C=O) groups is 3. The Hall–Kier alpha value is -1.63. The lowest BCUT2D eigenvalue weighted by molar-refractivity contribution is -0.154. The summed E-state index contributed by atoms with van der Waals surface area (Å²) in [6.45, 7) is 4.17. The second-order valence-electron chi connectivity index (χ2n) is 5.88. The minimum Gasteiger partial charge on any atom is -0.465 e. The van der Waals surface area contributed by atoms with Crippen molar-refractivity contribution in [1.82, 2.24) is 9.80 Å². The first-order valence-corrected chi connectivity index (χ1v) is 7.93. The van der Waals surface area contributed by atoms with Crippen LogP contribution in [0.15, 0.2) is 0 Å². The highest BCUT2D eigenvalue weighted by atomic mass is 16.5. The number of esters is 1. The molecule has 124 valence electrons. The minimum absolute atomic E-state index is 0.0860. The molecule has 0 saturated carbocycles. The predicted molar refractivity (Wildman–Crippen MR) is 78.6 cm³/mol. The van der Waals surface area contributed by atoms with Gasteiger partial charge < -0.3 is 14.7 Å². The molecular formula is C15H24N2O5. The monoisotopic (exact) mass is 312 g/mol. The molecule has 0 aromatic heterocycles. The number of carboxylic acid groups (broad SMARTS) is 1. The Balaban J connectivity index is 2.03. The molecule has 2 rings (SSSR count). The average molecular weight is 312 g/mol. The molecular weight excluding hydrogens is 288 g/mol. The Morgan fingerprint density at radius 1 is 1.23 bits per heavy atom. The highest BCUT2D eigenvalue weighted by molar-refractivity contribution is 5.80. The van der Waals surface area contributed by atoms with Crippen molar-refractivity contribution in [3.05, 3.63) is 0 Å². The van der Waals surface area contributed by atoms with Crippen molar-refractivity contribution in [2.75, 3.05) is 32.8 Å². The standard InChI is InChI=1S/C15H24N2O5/c1-2-22-14(19)13(16-9-5-12(18)6-10-16)11-3-7-17(8-4-11)15(20)21/h11,13H,2-10H2,1H3,(H,20,21). The fourth-order valence-corrected chi connectivity index (χ4v) is 3.33. The van der Waals surface area contributed by atoms with Gasteiger partial charge in [-0.1, -0.05) is 0 Å². The van der Waals surface area contributed by atoms with Gasteiger partial charge in [0.1, 0.15) is 11.8 Å². The van der Waals surface area contributed by atoms with Crippen molar-refractivity contribution in [2.24, 2.45) is 5.92 Å². The molecule has 2 heterocycles. The molecule has 0 aliphatic carbocycles. The van der Waals surface area contributed by atoms with E-state index in [2.05, 4.69) is 0 Å². The maximum absolute atomic E-state index is 12.4. The fraction of sp³-hybridized carbons (Fsp3) is 0.800. The highest BCUT2D eigenvalue weighted by Gasteiger charge is 2.38. The Labute approximate surface area is 130 Å². The van der Waals surface area contributed by atoms with Crippen LogP contribution in [0.4, 0.5) is 4.79 Å². The van der Waals surface area contributed by atoms with E-state index < -0.39 is 6.09 Å². The smallest absolute Gasteiger partial charge is 0.407 e. The number of hydrogen-bond acceptors (Lipinski definition) is 5. The number of rotatable bonds is 4. The zero-order valence-electron chi connectivity index (χ0n) is 13.0. The summed E-state index contributed by atoms with van der Waals surface area (Å²) < 4.78 is 5.22. The SMILES string of the molecule is CCOC(=O)C(C1CCN(C(=O)O)CC1)N1CCC(=O)CC1. The minimum atomic E-state index is -0.908. The predicted octanol–water partition coefficient (Wildman–Crippen LogP) is 0.973. The van der Waals surface area contributed by atoms with Crippen LogP contribution in [0.3, 0.4) is 0 Å². The van der Waals surface area contributed by atoms with Gasteiger partial charge in [0.15, 0.2) is 0 Å². The van der Waals surface area contributed by atoms with Crippen molar-refractivity contribution in [1.29, 1.82) is 0 Å². The van der Waals surface area contributed by atoms with Crippen LogP contribution in [0.1, 0.15) is 32.6 Å². The molecule has 0 spiro atoms. The first-order valence-electron chi connectivity index (χ1n) is 7.93. The van der Waals surface area contributed by atoms with Crippen molar-refractivity contribution >= 4 is 17.8 Å². The second-order valence-corrected chi connectivity index (χ2v) is 5.88. The van der Waals surface area contributed by atoms with Crippen LogP contribution in [-0.2, 0) is 14.3 Å². The fourth-order valence-electron chi connectivity index (χ4n) is 3.33. The van der Waals surface area contributed by atoms with E-state index in [4.69, 9.17) is 9.84 Å². The van der Waals surface area contributed by atoms with Gasteiger partial charge in [-0.25, -0.2) is 4.79 Å². The second kappa shape index (κ2) is 7.58. The number of piperidine rings is 2. The Morgan fingerprint density at radius 3 is 2.32 bits per heavy atom. The van der Waals surface area contributed by atoms with Crippen LogP contribution in [0.25, 0.3) is 0 Å². The largest absolute Gasteiger partial charge is 0.465 e. The van der Waals surface area contributed by atoms with Gasteiger partial charge in [-0.15, -0.1) is 0 Å². The van der Waals surface area contributed by atoms with Gasteiger partial charge in [0.25, 0.3) is 0 Å². The van der Waals surface area contributed by atoms with E-state index in [1.54, 1.807) is 6.92 Å². The zero-order chi connectivity index (χ0) is 16.1. The average Bonchev–Trinajstić information content (AvgIpc) is 2.50. The summed E-state index contributed by atoms with van der Waals surface area (Å²) in [7, 11) is 0. The number of ether oxygens (including phenoxy) is 1. The third-order valence-electron chi connectivity index (χ3n) is 4.53. The molecule has 22 heavy (non-hydrogen) atoms. The molecule has 0 aromatic rings. The molecule has 7 nitrogen and oxygen atoms in total. The lowest BCUT2D eigenvalue weighted by Gasteiger charge is -2.40. The summed E-state index contributed by atoms with van der Waals surface area (Å²) in [5, 5.41) is 9.02. The van der Waals surface area contributed by atoms with E-state index in [0.717, 1.165) is 0 Å². The highest BCUT2D eigenvalue weighted by Crippen LogP contribution is 2.27. The van der Waals surface area contributed by atoms with Crippen LogP contribution >= 0.6 is 0 Å². The molecule has 2 fully saturated rings. The third kappa shape index (κ3) is 3.97. The van der Waals surface area contributed by atoms with Crippen LogP contribution in [-0.4, -0.2) is 71.6 Å². The van der Waals surface area contributed by atoms with Crippen molar-refractivity contribution in [2.45, 2.75) is 38.6 Å². The van der Waals surface area contributed by atoms with E-state index in [1.165, 1.54) is 4.90 Å². The van der Waals surface area contributed by atoms with E-state index in [1.807, 2.05) is 4.90 Å². The number of ketones is 1. The summed E-state index contributed by atoms with van der Waals surface area (Å²) in [6, 6.07) is -0.357. The summed E-state index contributed by atoms with van der Waals surface area (Å²) in [6.07, 6.45) is 1.35. The van der Waals surface area contributed by atoms with Crippen molar-refractivity contribution < 1.29 is 24.2 Å². The Bertz CT molecular complexity index is 422. The number of nitrogens with zero attached hydrogens (tertiary/aromatic N) is 2. The quantitative estimate of drug-likeness (QED) is 0.778. The van der Waals surface area contributed by atoms with Gasteiger partial charge in [-0.3, -0.25) is 14.5 Å². The normalized spacial score (nSPS) is 22.4. The summed E-state index contributed by atoms with van der Waals surface area (Å²) in [5.74, 6) is 0.0769. The van der Waals surface area contributed by atoms with Gasteiger partial charge in [0.05, 0.1) is 6.61 Å². The molecule has 1 N–H and O–H groups in total. The van der Waals surface area contributed by atoms with Gasteiger partial charge in [-0.2, -0.15) is 0 Å². The van der Waals surface area contributed by atoms with Gasteiger partial charge >= 0.3 is 12.1 Å². The summed E-state index contributed by atoms with van der Waals surface area (Å²) in [5.41, 5.74) is 0. The van der Waals surface area contributed by atoms with Crippen LogP contribution in [0.2, 0.25) is 0 Å². The lowest BCUT2D eigenvalue weighted by Crippen LogP contribution is -2.53. The van der Waals surface area contributed by atoms with E-state index in [9.17, 15) is 14.4 Å². The summed E-state index contributed by atoms with van der Waals surface area (Å²) in [4.78, 5) is 38.2. The third-order valence-corrected chi connectivity index (χ3v) is 4.53. The van der Waals surface area contributed by atoms with Crippen molar-refractivity contribution in [3.63, 3.8) is 0 Å². The molecule has 2 aliphatic heterocycles. The van der Waals surface area contributed by atoms with Gasteiger partial charge in [-0.05, 0) is 25.7 Å². The number of hydrogen-bond donors (Lipinski definition) is 1. The molecule has 2 aliphatic rings. The zero-order valence-corrected chi connectivity index (χ0v) is 13.0. The van der Waals surface area contributed by atoms with Gasteiger partial charge in [0.2, 0.25) is 0 Å². The van der Waals surface area contributed by atoms with Gasteiger partial charge in [0, 0.05) is 39.0 Å². The number of carbonyl (C=O) groups excluding carboxylic acids is 2. The molecule has 0 aromatic carbocycles. The Morgan fingerprint density at radius 2 is 1.82 bits per heavy atom. The maximum atomic E-state index is 12.4. The Kier molecular flexibility index (Phi) is 5.76. The molecule has 1 amide bonds. The van der Waals surface area contributed by atoms with E-state index >= 15 is 0 Å². The number of amides is 1. The first-order chi connectivity index (χ1) is 10.5. The van der Waals surface area contributed by atoms with Crippen LogP contribution in [0.5, 0.6) is 0 Å². The van der Waals surface area contributed by atoms with Crippen LogP contribution < -0.4 is 0 Å². The number of likely N-dealkylation sites (tertiary alicyclic amines) is 2. The van der Waals surface area contributed by atoms with Crippen molar-refractivity contribution in [3.8, 4) is 0 Å². The molecule has 7 heteroatoms. The molecule has 0 bridgehead atoms. The molecule has 1 unspecified atom stereocenters. The van der Waals surface area contributed by atoms with E-state index in [0.29, 0.717) is 58.5 Å². The van der Waals surface area contributed by atoms with Crippen LogP contribution in [0, 0.1) is 5.92 Å². The summed E-state index contributed by atoms with van der Waals surface area (Å²) >= 11 is 0. The number of Topliss-reactive ketones (excluding diaryl/α,β-unsaturated/α-hetero) is 1. The molecule has 2 saturated heterocycles. The van der Waals surface area contributed by atoms with E-state index in [-0.39, 0.29) is 23.7 Å². The molecule has 0 radical (unpaired) electrons. The topological polar surface area (TPSA) is 87.2 Å². The lowest BCUT2D eigenvalue weighted by atomic mass is 9.87. The maximum Gasteiger partial charge on any atom is 0.407 e.